The lowest BCUT2D eigenvalue weighted by Gasteiger charge is -2.16. The highest BCUT2D eigenvalue weighted by molar-refractivity contribution is 8.00. The maximum absolute atomic E-state index is 4.39. The molecule has 0 saturated carbocycles. The standard InChI is InChI=1S/C15H21N3S2/c1-10(2)12-5-7-13(8-6-12)14(16-4)9-19-15-17-11(3)18-20-15/h5-8,10,14,16H,9H2,1-4H3. The average molecular weight is 307 g/mol. The Morgan fingerprint density at radius 3 is 2.35 bits per heavy atom. The molecule has 0 bridgehead atoms. The molecular formula is C15H21N3S2. The second-order valence-electron chi connectivity index (χ2n) is 5.08. The molecular weight excluding hydrogens is 286 g/mol. The number of hydrogen-bond donors (Lipinski definition) is 1. The van der Waals surface area contributed by atoms with E-state index in [0.29, 0.717) is 12.0 Å². The van der Waals surface area contributed by atoms with E-state index in [1.54, 1.807) is 11.8 Å². The van der Waals surface area contributed by atoms with E-state index in [1.807, 2.05) is 14.0 Å². The number of benzene rings is 1. The Hall–Kier alpha value is -0.910. The quantitative estimate of drug-likeness (QED) is 0.818. The van der Waals surface area contributed by atoms with Gasteiger partial charge in [0, 0.05) is 11.8 Å². The van der Waals surface area contributed by atoms with Crippen LogP contribution in [0.2, 0.25) is 0 Å². The van der Waals surface area contributed by atoms with E-state index in [4.69, 9.17) is 0 Å². The maximum atomic E-state index is 4.39. The molecule has 2 aromatic rings. The third-order valence-corrected chi connectivity index (χ3v) is 5.25. The summed E-state index contributed by atoms with van der Waals surface area (Å²) in [6.45, 7) is 6.37. The zero-order valence-electron chi connectivity index (χ0n) is 12.4. The smallest absolute Gasteiger partial charge is 0.170 e. The van der Waals surface area contributed by atoms with Gasteiger partial charge in [-0.1, -0.05) is 49.9 Å². The monoisotopic (exact) mass is 307 g/mol. The second kappa shape index (κ2) is 7.20. The summed E-state index contributed by atoms with van der Waals surface area (Å²) in [5.41, 5.74) is 2.71. The van der Waals surface area contributed by atoms with Gasteiger partial charge in [-0.05, 0) is 42.5 Å². The Labute approximate surface area is 129 Å². The minimum atomic E-state index is 0.338. The molecule has 0 aliphatic carbocycles. The first-order chi connectivity index (χ1) is 9.60. The molecule has 3 nitrogen and oxygen atoms in total. The van der Waals surface area contributed by atoms with E-state index in [2.05, 4.69) is 52.8 Å². The zero-order chi connectivity index (χ0) is 14.5. The second-order valence-corrected chi connectivity index (χ2v) is 7.10. The van der Waals surface area contributed by atoms with Crippen LogP contribution >= 0.6 is 23.3 Å². The Kier molecular flexibility index (Phi) is 5.57. The van der Waals surface area contributed by atoms with Crippen molar-refractivity contribution in [2.45, 2.75) is 37.1 Å². The number of rotatable bonds is 6. The van der Waals surface area contributed by atoms with Crippen LogP contribution in [-0.2, 0) is 0 Å². The summed E-state index contributed by atoms with van der Waals surface area (Å²) in [5, 5.41) is 3.38. The van der Waals surface area contributed by atoms with Crippen molar-refractivity contribution in [1.82, 2.24) is 14.7 Å². The number of aryl methyl sites for hydroxylation is 1. The van der Waals surface area contributed by atoms with E-state index in [-0.39, 0.29) is 0 Å². The van der Waals surface area contributed by atoms with Gasteiger partial charge in [-0.3, -0.25) is 0 Å². The molecule has 2 rings (SSSR count). The van der Waals surface area contributed by atoms with E-state index in [1.165, 1.54) is 22.7 Å². The molecule has 5 heteroatoms. The van der Waals surface area contributed by atoms with Gasteiger partial charge in [0.05, 0.1) is 0 Å². The van der Waals surface area contributed by atoms with Crippen LogP contribution in [0.15, 0.2) is 28.6 Å². The summed E-state index contributed by atoms with van der Waals surface area (Å²) in [5.74, 6) is 2.40. The molecule has 0 saturated heterocycles. The van der Waals surface area contributed by atoms with Crippen molar-refractivity contribution in [3.8, 4) is 0 Å². The van der Waals surface area contributed by atoms with Crippen molar-refractivity contribution >= 4 is 23.3 Å². The normalized spacial score (nSPS) is 12.8. The highest BCUT2D eigenvalue weighted by Gasteiger charge is 2.12. The summed E-state index contributed by atoms with van der Waals surface area (Å²) >= 11 is 3.24. The zero-order valence-corrected chi connectivity index (χ0v) is 14.0. The van der Waals surface area contributed by atoms with Gasteiger partial charge in [0.15, 0.2) is 4.34 Å². The lowest BCUT2D eigenvalue weighted by atomic mass is 10.00. The number of hydrogen-bond acceptors (Lipinski definition) is 5. The number of aromatic nitrogens is 2. The molecule has 0 spiro atoms. The Balaban J connectivity index is 2.00. The Morgan fingerprint density at radius 2 is 1.85 bits per heavy atom. The number of nitrogens with zero attached hydrogens (tertiary/aromatic N) is 2. The van der Waals surface area contributed by atoms with E-state index in [9.17, 15) is 0 Å². The van der Waals surface area contributed by atoms with Crippen LogP contribution < -0.4 is 5.32 Å². The molecule has 1 atom stereocenters. The first kappa shape index (κ1) is 15.5. The summed E-state index contributed by atoms with van der Waals surface area (Å²) in [6.07, 6.45) is 0. The molecule has 1 aromatic carbocycles. The largest absolute Gasteiger partial charge is 0.312 e. The van der Waals surface area contributed by atoms with Gasteiger partial charge in [0.1, 0.15) is 5.82 Å². The maximum Gasteiger partial charge on any atom is 0.170 e. The van der Waals surface area contributed by atoms with Crippen molar-refractivity contribution in [3.63, 3.8) is 0 Å². The van der Waals surface area contributed by atoms with Gasteiger partial charge < -0.3 is 5.32 Å². The van der Waals surface area contributed by atoms with Crippen LogP contribution in [0, 0.1) is 6.92 Å². The minimum Gasteiger partial charge on any atom is -0.312 e. The number of thioether (sulfide) groups is 1. The first-order valence-electron chi connectivity index (χ1n) is 6.80. The molecule has 0 radical (unpaired) electrons. The van der Waals surface area contributed by atoms with Crippen LogP contribution in [0.4, 0.5) is 0 Å². The van der Waals surface area contributed by atoms with Gasteiger partial charge in [-0.25, -0.2) is 4.98 Å². The van der Waals surface area contributed by atoms with E-state index < -0.39 is 0 Å². The van der Waals surface area contributed by atoms with Crippen molar-refractivity contribution in [3.05, 3.63) is 41.2 Å². The molecule has 1 aromatic heterocycles. The minimum absolute atomic E-state index is 0.338. The fourth-order valence-electron chi connectivity index (χ4n) is 1.95. The van der Waals surface area contributed by atoms with E-state index >= 15 is 0 Å². The van der Waals surface area contributed by atoms with Gasteiger partial charge in [-0.2, -0.15) is 4.37 Å². The van der Waals surface area contributed by atoms with Gasteiger partial charge in [-0.15, -0.1) is 0 Å². The molecule has 1 heterocycles. The Morgan fingerprint density at radius 1 is 1.20 bits per heavy atom. The molecule has 108 valence electrons. The highest BCUT2D eigenvalue weighted by Crippen LogP contribution is 2.26. The van der Waals surface area contributed by atoms with Crippen LogP contribution in [-0.4, -0.2) is 22.2 Å². The van der Waals surface area contributed by atoms with Crippen molar-refractivity contribution in [2.24, 2.45) is 0 Å². The lowest BCUT2D eigenvalue weighted by Crippen LogP contribution is -2.18. The highest BCUT2D eigenvalue weighted by atomic mass is 32.2. The fourth-order valence-corrected chi connectivity index (χ4v) is 3.77. The Bertz CT molecular complexity index is 534. The topological polar surface area (TPSA) is 37.8 Å². The fraction of sp³-hybridized carbons (Fsp3) is 0.467. The molecule has 0 aliphatic rings. The summed E-state index contributed by atoms with van der Waals surface area (Å²) in [7, 11) is 2.01. The van der Waals surface area contributed by atoms with Crippen LogP contribution in [0.1, 0.15) is 42.8 Å². The van der Waals surface area contributed by atoms with Crippen LogP contribution in [0.3, 0.4) is 0 Å². The molecule has 0 fully saturated rings. The predicted molar refractivity (Wildman–Crippen MR) is 87.7 cm³/mol. The lowest BCUT2D eigenvalue weighted by molar-refractivity contribution is 0.661. The SMILES string of the molecule is CNC(CSc1nc(C)ns1)c1ccc(C(C)C)cc1. The van der Waals surface area contributed by atoms with Crippen LogP contribution in [0.5, 0.6) is 0 Å². The molecule has 20 heavy (non-hydrogen) atoms. The third kappa shape index (κ3) is 4.04. The van der Waals surface area contributed by atoms with Crippen molar-refractivity contribution in [1.29, 1.82) is 0 Å². The van der Waals surface area contributed by atoms with E-state index in [0.717, 1.165) is 15.9 Å². The van der Waals surface area contributed by atoms with Crippen LogP contribution in [0.25, 0.3) is 0 Å². The predicted octanol–water partition coefficient (Wildman–Crippen LogP) is 4.02. The molecule has 1 unspecified atom stereocenters. The molecule has 1 N–H and O–H groups in total. The summed E-state index contributed by atoms with van der Waals surface area (Å²) in [4.78, 5) is 4.39. The van der Waals surface area contributed by atoms with Gasteiger partial charge >= 0.3 is 0 Å². The van der Waals surface area contributed by atoms with Gasteiger partial charge in [0.2, 0.25) is 0 Å². The summed E-state index contributed by atoms with van der Waals surface area (Å²) in [6, 6.07) is 9.24. The first-order valence-corrected chi connectivity index (χ1v) is 8.56. The van der Waals surface area contributed by atoms with Gasteiger partial charge in [0.25, 0.3) is 0 Å². The third-order valence-electron chi connectivity index (χ3n) is 3.24. The number of nitrogens with one attached hydrogen (secondary N) is 1. The van der Waals surface area contributed by atoms with Crippen molar-refractivity contribution in [2.75, 3.05) is 12.8 Å². The summed E-state index contributed by atoms with van der Waals surface area (Å²) < 4.78 is 5.26. The molecule has 0 aliphatic heterocycles. The average Bonchev–Trinajstić information content (AvgIpc) is 2.86. The van der Waals surface area contributed by atoms with Crippen molar-refractivity contribution < 1.29 is 0 Å². The molecule has 0 amide bonds.